The van der Waals surface area contributed by atoms with Crippen LogP contribution >= 0.6 is 0 Å². The zero-order valence-electron chi connectivity index (χ0n) is 12.6. The molecule has 2 aromatic rings. The van der Waals surface area contributed by atoms with Crippen molar-refractivity contribution in [3.8, 4) is 0 Å². The van der Waals surface area contributed by atoms with Crippen LogP contribution in [-0.2, 0) is 6.54 Å². The average Bonchev–Trinajstić information content (AvgIpc) is 2.93. The van der Waals surface area contributed by atoms with Gasteiger partial charge in [-0.15, -0.1) is 0 Å². The second-order valence-corrected chi connectivity index (χ2v) is 6.58. The number of H-pyrrole nitrogens is 1. The van der Waals surface area contributed by atoms with Crippen LogP contribution in [0.4, 0.5) is 0 Å². The molecule has 4 heteroatoms. The van der Waals surface area contributed by atoms with Gasteiger partial charge in [-0.05, 0) is 25.0 Å². The molecule has 0 unspecified atom stereocenters. The van der Waals surface area contributed by atoms with Crippen molar-refractivity contribution >= 4 is 11.0 Å². The topological polar surface area (TPSA) is 44.0 Å². The predicted octanol–water partition coefficient (Wildman–Crippen LogP) is 2.67. The Morgan fingerprint density at radius 1 is 1.14 bits per heavy atom. The molecular weight excluding hydrogens is 260 g/mol. The maximum atomic E-state index is 4.77. The molecule has 4 nitrogen and oxygen atoms in total. The number of rotatable bonds is 2. The van der Waals surface area contributed by atoms with E-state index in [0.29, 0.717) is 5.54 Å². The van der Waals surface area contributed by atoms with Crippen LogP contribution in [0.5, 0.6) is 0 Å². The van der Waals surface area contributed by atoms with Crippen LogP contribution in [-0.4, -0.2) is 40.0 Å². The second kappa shape index (κ2) is 5.43. The number of nitrogens with one attached hydrogen (secondary N) is 2. The lowest BCUT2D eigenvalue weighted by Crippen LogP contribution is -2.61. The first-order valence-electron chi connectivity index (χ1n) is 8.25. The van der Waals surface area contributed by atoms with Gasteiger partial charge in [0.25, 0.3) is 0 Å². The minimum atomic E-state index is 0.371. The monoisotopic (exact) mass is 284 g/mol. The SMILES string of the molecule is c1ccc2[nH]c(CN3CCNCC34CCCCC4)nc2c1. The van der Waals surface area contributed by atoms with Crippen molar-refractivity contribution in [2.75, 3.05) is 19.6 Å². The van der Waals surface area contributed by atoms with Crippen molar-refractivity contribution in [3.05, 3.63) is 30.1 Å². The Labute approximate surface area is 125 Å². The zero-order valence-corrected chi connectivity index (χ0v) is 12.6. The Morgan fingerprint density at radius 2 is 2.00 bits per heavy atom. The molecule has 21 heavy (non-hydrogen) atoms. The fourth-order valence-electron chi connectivity index (χ4n) is 4.10. The number of para-hydroxylation sites is 2. The lowest BCUT2D eigenvalue weighted by Gasteiger charge is -2.49. The molecule has 2 N–H and O–H groups in total. The van der Waals surface area contributed by atoms with Gasteiger partial charge in [0.2, 0.25) is 0 Å². The quantitative estimate of drug-likeness (QED) is 0.891. The summed E-state index contributed by atoms with van der Waals surface area (Å²) in [5.74, 6) is 1.11. The molecule has 1 spiro atoms. The van der Waals surface area contributed by atoms with E-state index in [0.717, 1.165) is 43.0 Å². The molecule has 1 aromatic heterocycles. The summed E-state index contributed by atoms with van der Waals surface area (Å²) in [4.78, 5) is 10.9. The number of imidazole rings is 1. The Balaban J connectivity index is 1.58. The molecule has 2 fully saturated rings. The highest BCUT2D eigenvalue weighted by atomic mass is 15.3. The first-order valence-corrected chi connectivity index (χ1v) is 8.25. The Morgan fingerprint density at radius 3 is 2.86 bits per heavy atom. The molecule has 0 amide bonds. The highest BCUT2D eigenvalue weighted by Crippen LogP contribution is 2.35. The number of hydrogen-bond donors (Lipinski definition) is 2. The van der Waals surface area contributed by atoms with Crippen LogP contribution in [0, 0.1) is 0 Å². The lowest BCUT2D eigenvalue weighted by atomic mass is 9.79. The number of benzene rings is 1. The number of piperazine rings is 1. The number of aromatic nitrogens is 2. The molecule has 112 valence electrons. The molecule has 0 radical (unpaired) electrons. The van der Waals surface area contributed by atoms with Crippen molar-refractivity contribution < 1.29 is 0 Å². The molecule has 0 bridgehead atoms. The Hall–Kier alpha value is -1.39. The summed E-state index contributed by atoms with van der Waals surface area (Å²) in [5, 5.41) is 3.62. The Kier molecular flexibility index (Phi) is 3.43. The third kappa shape index (κ3) is 2.47. The van der Waals surface area contributed by atoms with Gasteiger partial charge in [0.05, 0.1) is 17.6 Å². The van der Waals surface area contributed by atoms with Crippen molar-refractivity contribution in [3.63, 3.8) is 0 Å². The number of fused-ring (bicyclic) bond motifs is 1. The summed E-state index contributed by atoms with van der Waals surface area (Å²) in [6.07, 6.45) is 6.82. The van der Waals surface area contributed by atoms with E-state index in [1.54, 1.807) is 0 Å². The highest BCUT2D eigenvalue weighted by Gasteiger charge is 2.39. The van der Waals surface area contributed by atoms with E-state index in [2.05, 4.69) is 39.5 Å². The van der Waals surface area contributed by atoms with Crippen molar-refractivity contribution in [1.29, 1.82) is 0 Å². The van der Waals surface area contributed by atoms with Gasteiger partial charge in [-0.2, -0.15) is 0 Å². The minimum Gasteiger partial charge on any atom is -0.341 e. The van der Waals surface area contributed by atoms with E-state index >= 15 is 0 Å². The number of aromatic amines is 1. The Bertz CT molecular complexity index is 571. The molecule has 0 atom stereocenters. The fourth-order valence-corrected chi connectivity index (χ4v) is 4.10. The summed E-state index contributed by atoms with van der Waals surface area (Å²) < 4.78 is 0. The third-order valence-electron chi connectivity index (χ3n) is 5.25. The smallest absolute Gasteiger partial charge is 0.121 e. The standard InChI is InChI=1S/C17H24N4/c1-4-8-17(9-5-1)13-18-10-11-21(17)12-16-19-14-6-2-3-7-15(14)20-16/h2-3,6-7,18H,1,4-5,8-13H2,(H,19,20). The maximum absolute atomic E-state index is 4.77. The molecule has 1 aliphatic heterocycles. The molecular formula is C17H24N4. The zero-order chi connectivity index (χ0) is 14.1. The van der Waals surface area contributed by atoms with Crippen LogP contribution in [0.1, 0.15) is 37.9 Å². The molecule has 2 aliphatic rings. The average molecular weight is 284 g/mol. The van der Waals surface area contributed by atoms with Gasteiger partial charge in [0, 0.05) is 25.2 Å². The predicted molar refractivity (Wildman–Crippen MR) is 85.2 cm³/mol. The van der Waals surface area contributed by atoms with Crippen LogP contribution in [0.15, 0.2) is 24.3 Å². The van der Waals surface area contributed by atoms with Gasteiger partial charge in [0.1, 0.15) is 5.82 Å². The van der Waals surface area contributed by atoms with Crippen LogP contribution in [0.3, 0.4) is 0 Å². The van der Waals surface area contributed by atoms with Gasteiger partial charge < -0.3 is 10.3 Å². The van der Waals surface area contributed by atoms with E-state index in [1.165, 1.54) is 32.1 Å². The van der Waals surface area contributed by atoms with Crippen molar-refractivity contribution in [2.24, 2.45) is 0 Å². The lowest BCUT2D eigenvalue weighted by molar-refractivity contribution is 0.0192. The third-order valence-corrected chi connectivity index (χ3v) is 5.25. The first kappa shape index (κ1) is 13.3. The maximum Gasteiger partial charge on any atom is 0.121 e. The molecule has 1 aliphatic carbocycles. The summed E-state index contributed by atoms with van der Waals surface area (Å²) in [7, 11) is 0. The fraction of sp³-hybridized carbons (Fsp3) is 0.588. The number of nitrogens with zero attached hydrogens (tertiary/aromatic N) is 2. The number of hydrogen-bond acceptors (Lipinski definition) is 3. The molecule has 2 heterocycles. The van der Waals surface area contributed by atoms with E-state index < -0.39 is 0 Å². The van der Waals surface area contributed by atoms with Gasteiger partial charge >= 0.3 is 0 Å². The molecule has 1 saturated heterocycles. The van der Waals surface area contributed by atoms with Crippen molar-refractivity contribution in [1.82, 2.24) is 20.2 Å². The van der Waals surface area contributed by atoms with Crippen LogP contribution < -0.4 is 5.32 Å². The summed E-state index contributed by atoms with van der Waals surface area (Å²) >= 11 is 0. The molecule has 1 saturated carbocycles. The summed E-state index contributed by atoms with van der Waals surface area (Å²) in [6.45, 7) is 4.34. The van der Waals surface area contributed by atoms with E-state index in [-0.39, 0.29) is 0 Å². The van der Waals surface area contributed by atoms with Crippen LogP contribution in [0.2, 0.25) is 0 Å². The van der Waals surface area contributed by atoms with E-state index in [1.807, 2.05) is 0 Å². The largest absolute Gasteiger partial charge is 0.341 e. The van der Waals surface area contributed by atoms with Gasteiger partial charge in [-0.3, -0.25) is 4.90 Å². The second-order valence-electron chi connectivity index (χ2n) is 6.58. The van der Waals surface area contributed by atoms with Gasteiger partial charge in [0.15, 0.2) is 0 Å². The van der Waals surface area contributed by atoms with Gasteiger partial charge in [-0.1, -0.05) is 31.4 Å². The molecule has 4 rings (SSSR count). The van der Waals surface area contributed by atoms with E-state index in [4.69, 9.17) is 4.98 Å². The minimum absolute atomic E-state index is 0.371. The first-order chi connectivity index (χ1) is 10.4. The van der Waals surface area contributed by atoms with Crippen molar-refractivity contribution in [2.45, 2.75) is 44.2 Å². The summed E-state index contributed by atoms with van der Waals surface area (Å²) in [6, 6.07) is 8.32. The van der Waals surface area contributed by atoms with Gasteiger partial charge in [-0.25, -0.2) is 4.98 Å². The normalized spacial score (nSPS) is 22.9. The van der Waals surface area contributed by atoms with E-state index in [9.17, 15) is 0 Å². The van der Waals surface area contributed by atoms with Crippen LogP contribution in [0.25, 0.3) is 11.0 Å². The molecule has 1 aromatic carbocycles. The highest BCUT2D eigenvalue weighted by molar-refractivity contribution is 5.74. The summed E-state index contributed by atoms with van der Waals surface area (Å²) in [5.41, 5.74) is 2.61.